The van der Waals surface area contributed by atoms with Gasteiger partial charge in [-0.3, -0.25) is 14.9 Å². The molecule has 0 spiro atoms. The second kappa shape index (κ2) is 5.78. The van der Waals surface area contributed by atoms with Gasteiger partial charge in [0.05, 0.1) is 22.0 Å². The maximum Gasteiger partial charge on any atom is 0.273 e. The van der Waals surface area contributed by atoms with E-state index in [1.807, 2.05) is 18.2 Å². The van der Waals surface area contributed by atoms with Crippen molar-refractivity contribution in [2.45, 2.75) is 0 Å². The molecule has 4 rings (SSSR count). The summed E-state index contributed by atoms with van der Waals surface area (Å²) in [7, 11) is 0. The summed E-state index contributed by atoms with van der Waals surface area (Å²) in [5.41, 5.74) is 2.85. The molecule has 0 bridgehead atoms. The Kier molecular flexibility index (Phi) is 3.59. The molecular weight excluding hydrogens is 347 g/mol. The number of nitrogens with zero attached hydrogens (tertiary/aromatic N) is 3. The normalized spacial score (nSPS) is 11.1. The van der Waals surface area contributed by atoms with E-state index in [4.69, 9.17) is 23.2 Å². The van der Waals surface area contributed by atoms with Crippen LogP contribution in [0.1, 0.15) is 0 Å². The van der Waals surface area contributed by atoms with Gasteiger partial charge in [0.25, 0.3) is 5.56 Å². The number of halogens is 2. The first-order valence-corrected chi connectivity index (χ1v) is 7.87. The number of hydrogen-bond donors (Lipinski definition) is 1. The van der Waals surface area contributed by atoms with Crippen LogP contribution in [0.5, 0.6) is 0 Å². The highest BCUT2D eigenvalue weighted by atomic mass is 35.5. The van der Waals surface area contributed by atoms with Gasteiger partial charge in [-0.15, -0.1) is 0 Å². The predicted octanol–water partition coefficient (Wildman–Crippen LogP) is 4.06. The largest absolute Gasteiger partial charge is 0.296 e. The van der Waals surface area contributed by atoms with Crippen LogP contribution in [0.25, 0.3) is 28.2 Å². The van der Waals surface area contributed by atoms with Gasteiger partial charge in [0.2, 0.25) is 0 Å². The van der Waals surface area contributed by atoms with Gasteiger partial charge in [0, 0.05) is 29.0 Å². The fourth-order valence-corrected chi connectivity index (χ4v) is 3.03. The molecule has 24 heavy (non-hydrogen) atoms. The Morgan fingerprint density at radius 2 is 1.88 bits per heavy atom. The number of aromatic nitrogens is 4. The van der Waals surface area contributed by atoms with Crippen LogP contribution in [0.15, 0.2) is 59.7 Å². The number of H-pyrrole nitrogens is 1. The van der Waals surface area contributed by atoms with Crippen molar-refractivity contribution in [2.75, 3.05) is 0 Å². The summed E-state index contributed by atoms with van der Waals surface area (Å²) < 4.78 is 1.37. The highest BCUT2D eigenvalue weighted by Gasteiger charge is 2.14. The highest BCUT2D eigenvalue weighted by Crippen LogP contribution is 2.29. The number of benzene rings is 1. The Morgan fingerprint density at radius 3 is 2.62 bits per heavy atom. The van der Waals surface area contributed by atoms with Crippen molar-refractivity contribution in [2.24, 2.45) is 0 Å². The Bertz CT molecular complexity index is 1100. The molecule has 0 radical (unpaired) electrons. The fraction of sp³-hybridized carbons (Fsp3) is 0. The first-order valence-electron chi connectivity index (χ1n) is 7.11. The number of aromatic amines is 1. The van der Waals surface area contributed by atoms with Crippen molar-refractivity contribution < 1.29 is 0 Å². The summed E-state index contributed by atoms with van der Waals surface area (Å²) >= 11 is 12.2. The van der Waals surface area contributed by atoms with Crippen molar-refractivity contribution in [3.8, 4) is 22.5 Å². The van der Waals surface area contributed by atoms with Crippen LogP contribution in [0.4, 0.5) is 0 Å². The molecule has 0 saturated carbocycles. The van der Waals surface area contributed by atoms with Gasteiger partial charge in [0.15, 0.2) is 5.65 Å². The van der Waals surface area contributed by atoms with Crippen LogP contribution >= 0.6 is 23.2 Å². The lowest BCUT2D eigenvalue weighted by Gasteiger charge is -2.05. The van der Waals surface area contributed by atoms with Crippen molar-refractivity contribution in [3.63, 3.8) is 0 Å². The molecule has 0 aliphatic rings. The number of rotatable bonds is 2. The summed E-state index contributed by atoms with van der Waals surface area (Å²) in [6.45, 7) is 0. The number of fused-ring (bicyclic) bond motifs is 1. The van der Waals surface area contributed by atoms with Gasteiger partial charge in [0.1, 0.15) is 0 Å². The Balaban J connectivity index is 1.98. The molecule has 7 heteroatoms. The molecule has 0 fully saturated rings. The van der Waals surface area contributed by atoms with E-state index in [0.717, 1.165) is 11.3 Å². The van der Waals surface area contributed by atoms with Gasteiger partial charge in [-0.25, -0.2) is 9.50 Å². The lowest BCUT2D eigenvalue weighted by molar-refractivity contribution is 0.901. The zero-order valence-corrected chi connectivity index (χ0v) is 13.7. The molecule has 0 amide bonds. The van der Waals surface area contributed by atoms with Gasteiger partial charge in [-0.1, -0.05) is 29.3 Å². The summed E-state index contributed by atoms with van der Waals surface area (Å²) in [5, 5.41) is 3.87. The lowest BCUT2D eigenvalue weighted by Crippen LogP contribution is -2.14. The lowest BCUT2D eigenvalue weighted by atomic mass is 10.1. The molecule has 5 nitrogen and oxygen atoms in total. The average molecular weight is 357 g/mol. The van der Waals surface area contributed by atoms with Crippen molar-refractivity contribution >= 4 is 28.8 Å². The molecule has 0 aliphatic carbocycles. The highest BCUT2D eigenvalue weighted by molar-refractivity contribution is 6.36. The standard InChI is InChI=1S/C17H10Cl2N4O/c18-10-4-5-11(13(19)7-10)15-8-16(24)23-17(22-15)12(9-21-23)14-3-1-2-6-20-14/h1-9,21H. The van der Waals surface area contributed by atoms with E-state index >= 15 is 0 Å². The molecule has 0 atom stereocenters. The zero-order chi connectivity index (χ0) is 16.7. The molecule has 118 valence electrons. The minimum atomic E-state index is -0.233. The minimum absolute atomic E-state index is 0.233. The fourth-order valence-electron chi connectivity index (χ4n) is 2.53. The van der Waals surface area contributed by atoms with Crippen LogP contribution in [-0.4, -0.2) is 19.6 Å². The number of pyridine rings is 1. The smallest absolute Gasteiger partial charge is 0.273 e. The molecule has 0 unspecified atom stereocenters. The van der Waals surface area contributed by atoms with E-state index in [2.05, 4.69) is 15.1 Å². The van der Waals surface area contributed by atoms with Gasteiger partial charge < -0.3 is 0 Å². The predicted molar refractivity (Wildman–Crippen MR) is 94.5 cm³/mol. The monoisotopic (exact) mass is 356 g/mol. The van der Waals surface area contributed by atoms with E-state index in [-0.39, 0.29) is 5.56 Å². The van der Waals surface area contributed by atoms with Gasteiger partial charge >= 0.3 is 0 Å². The first kappa shape index (κ1) is 14.9. The average Bonchev–Trinajstić information content (AvgIpc) is 3.00. The van der Waals surface area contributed by atoms with Gasteiger partial charge in [-0.05, 0) is 30.3 Å². The van der Waals surface area contributed by atoms with Crippen molar-refractivity contribution in [3.05, 3.63) is 75.3 Å². The maximum atomic E-state index is 12.4. The van der Waals surface area contributed by atoms with Crippen LogP contribution in [0, 0.1) is 0 Å². The van der Waals surface area contributed by atoms with E-state index in [1.54, 1.807) is 30.6 Å². The van der Waals surface area contributed by atoms with Crippen LogP contribution < -0.4 is 5.56 Å². The first-order chi connectivity index (χ1) is 11.6. The van der Waals surface area contributed by atoms with Crippen LogP contribution in [-0.2, 0) is 0 Å². The topological polar surface area (TPSA) is 63.0 Å². The Labute approximate surface area is 146 Å². The van der Waals surface area contributed by atoms with E-state index in [0.29, 0.717) is 26.9 Å². The zero-order valence-electron chi connectivity index (χ0n) is 12.2. The van der Waals surface area contributed by atoms with Crippen LogP contribution in [0.3, 0.4) is 0 Å². The van der Waals surface area contributed by atoms with E-state index in [9.17, 15) is 4.79 Å². The third-order valence-corrected chi connectivity index (χ3v) is 4.19. The van der Waals surface area contributed by atoms with E-state index < -0.39 is 0 Å². The Hall–Kier alpha value is -2.63. The maximum absolute atomic E-state index is 12.4. The van der Waals surface area contributed by atoms with Gasteiger partial charge in [-0.2, -0.15) is 0 Å². The third-order valence-electron chi connectivity index (χ3n) is 3.65. The quantitative estimate of drug-likeness (QED) is 0.589. The second-order valence-electron chi connectivity index (χ2n) is 5.16. The minimum Gasteiger partial charge on any atom is -0.296 e. The summed E-state index contributed by atoms with van der Waals surface area (Å²) in [4.78, 5) is 21.3. The molecule has 4 aromatic rings. The molecule has 1 aromatic carbocycles. The van der Waals surface area contributed by atoms with E-state index in [1.165, 1.54) is 10.6 Å². The number of nitrogens with one attached hydrogen (secondary N) is 1. The molecular formula is C17H10Cl2N4O. The molecule has 0 aliphatic heterocycles. The van der Waals surface area contributed by atoms with Crippen molar-refractivity contribution in [1.82, 2.24) is 19.6 Å². The third kappa shape index (κ3) is 2.48. The number of hydrogen-bond acceptors (Lipinski definition) is 3. The van der Waals surface area contributed by atoms with Crippen molar-refractivity contribution in [1.29, 1.82) is 0 Å². The summed E-state index contributed by atoms with van der Waals surface area (Å²) in [6.07, 6.45) is 3.40. The molecule has 0 saturated heterocycles. The summed E-state index contributed by atoms with van der Waals surface area (Å²) in [6, 6.07) is 12.1. The molecule has 1 N–H and O–H groups in total. The molecule has 3 aromatic heterocycles. The Morgan fingerprint density at radius 1 is 1.00 bits per heavy atom. The SMILES string of the molecule is O=c1cc(-c2ccc(Cl)cc2Cl)nc2c(-c3ccccn3)c[nH]n12. The molecule has 3 heterocycles. The van der Waals surface area contributed by atoms with Crippen LogP contribution in [0.2, 0.25) is 10.0 Å². The second-order valence-corrected chi connectivity index (χ2v) is 6.01. The summed E-state index contributed by atoms with van der Waals surface area (Å²) in [5.74, 6) is 0.